The first kappa shape index (κ1) is 10.8. The number of fused-ring (bicyclic) bond motifs is 1. The smallest absolute Gasteiger partial charge is 0.256 e. The molecule has 0 aliphatic carbocycles. The highest BCUT2D eigenvalue weighted by atomic mass is 16.6. The van der Waals surface area contributed by atoms with Crippen molar-refractivity contribution in [1.82, 2.24) is 19.8 Å². The first-order chi connectivity index (χ1) is 8.75. The molecule has 0 fully saturated rings. The van der Waals surface area contributed by atoms with Gasteiger partial charge in [0, 0.05) is 25.6 Å². The van der Waals surface area contributed by atoms with E-state index in [9.17, 15) is 4.79 Å². The second kappa shape index (κ2) is 4.15. The summed E-state index contributed by atoms with van der Waals surface area (Å²) in [5.41, 5.74) is 4.13. The third kappa shape index (κ3) is 1.72. The Hall–Kier alpha value is -2.34. The Bertz CT molecular complexity index is 619. The van der Waals surface area contributed by atoms with Gasteiger partial charge in [0.15, 0.2) is 0 Å². The van der Waals surface area contributed by atoms with Crippen LogP contribution >= 0.6 is 0 Å². The summed E-state index contributed by atoms with van der Waals surface area (Å²) >= 11 is 0. The summed E-state index contributed by atoms with van der Waals surface area (Å²) in [6.07, 6.45) is 8.32. The largest absolute Gasteiger partial charge is 0.414 e. The first-order valence-corrected chi connectivity index (χ1v) is 5.53. The van der Waals surface area contributed by atoms with E-state index in [0.29, 0.717) is 5.56 Å². The van der Waals surface area contributed by atoms with Crippen molar-refractivity contribution >= 4 is 11.6 Å². The van der Waals surface area contributed by atoms with Crippen LogP contribution in [0.3, 0.4) is 0 Å². The molecule has 3 heterocycles. The second-order valence-electron chi connectivity index (χ2n) is 4.04. The predicted molar refractivity (Wildman–Crippen MR) is 64.4 cm³/mol. The van der Waals surface area contributed by atoms with E-state index in [4.69, 9.17) is 4.84 Å². The van der Waals surface area contributed by atoms with E-state index in [1.807, 2.05) is 16.7 Å². The third-order valence-corrected chi connectivity index (χ3v) is 2.89. The van der Waals surface area contributed by atoms with E-state index < -0.39 is 0 Å². The second-order valence-corrected chi connectivity index (χ2v) is 4.04. The number of carbonyl (C=O) groups is 1. The summed E-state index contributed by atoms with van der Waals surface area (Å²) in [7, 11) is 1.72. The SMILES string of the molecule is CN(C(=O)c1ccc2nccn2c1)C1C=CON1. The minimum Gasteiger partial charge on any atom is -0.414 e. The van der Waals surface area contributed by atoms with Crippen LogP contribution in [0.2, 0.25) is 0 Å². The fourth-order valence-corrected chi connectivity index (χ4v) is 1.85. The number of pyridine rings is 1. The van der Waals surface area contributed by atoms with Crippen LogP contribution in [0.4, 0.5) is 0 Å². The number of carbonyl (C=O) groups excluding carboxylic acids is 1. The van der Waals surface area contributed by atoms with E-state index in [2.05, 4.69) is 10.5 Å². The summed E-state index contributed by atoms with van der Waals surface area (Å²) in [6.45, 7) is 0. The van der Waals surface area contributed by atoms with Gasteiger partial charge in [0.1, 0.15) is 18.1 Å². The molecule has 0 saturated carbocycles. The van der Waals surface area contributed by atoms with Gasteiger partial charge >= 0.3 is 0 Å². The Morgan fingerprint density at radius 1 is 1.56 bits per heavy atom. The molecule has 1 aliphatic rings. The molecule has 92 valence electrons. The maximum absolute atomic E-state index is 12.3. The van der Waals surface area contributed by atoms with Crippen LogP contribution in [0.15, 0.2) is 43.1 Å². The number of hydrogen-bond acceptors (Lipinski definition) is 4. The molecule has 6 heteroatoms. The van der Waals surface area contributed by atoms with Gasteiger partial charge in [0.05, 0.1) is 5.56 Å². The molecule has 0 aromatic carbocycles. The van der Waals surface area contributed by atoms with Crippen LogP contribution < -0.4 is 5.48 Å². The van der Waals surface area contributed by atoms with Gasteiger partial charge in [-0.05, 0) is 18.2 Å². The molecule has 6 nitrogen and oxygen atoms in total. The normalized spacial score (nSPS) is 17.9. The van der Waals surface area contributed by atoms with E-state index in [0.717, 1.165) is 5.65 Å². The Labute approximate surface area is 103 Å². The molecule has 1 N–H and O–H groups in total. The number of imidazole rings is 1. The van der Waals surface area contributed by atoms with E-state index in [1.54, 1.807) is 36.5 Å². The van der Waals surface area contributed by atoms with Gasteiger partial charge in [-0.1, -0.05) is 0 Å². The zero-order valence-electron chi connectivity index (χ0n) is 9.78. The molecule has 3 rings (SSSR count). The van der Waals surface area contributed by atoms with Crippen LogP contribution in [0, 0.1) is 0 Å². The number of nitrogens with zero attached hydrogens (tertiary/aromatic N) is 3. The fraction of sp³-hybridized carbons (Fsp3) is 0.167. The number of aromatic nitrogens is 2. The van der Waals surface area contributed by atoms with Crippen molar-refractivity contribution in [2.45, 2.75) is 6.17 Å². The van der Waals surface area contributed by atoms with Crippen molar-refractivity contribution in [3.8, 4) is 0 Å². The lowest BCUT2D eigenvalue weighted by Crippen LogP contribution is -2.42. The lowest BCUT2D eigenvalue weighted by Gasteiger charge is -2.22. The lowest BCUT2D eigenvalue weighted by molar-refractivity contribution is 0.0547. The van der Waals surface area contributed by atoms with Crippen molar-refractivity contribution in [3.63, 3.8) is 0 Å². The van der Waals surface area contributed by atoms with Crippen LogP contribution in [-0.4, -0.2) is 33.4 Å². The van der Waals surface area contributed by atoms with Gasteiger partial charge in [-0.2, -0.15) is 0 Å². The molecule has 0 saturated heterocycles. The third-order valence-electron chi connectivity index (χ3n) is 2.89. The Kier molecular flexibility index (Phi) is 2.49. The topological polar surface area (TPSA) is 58.9 Å². The molecule has 1 atom stereocenters. The van der Waals surface area contributed by atoms with E-state index in [1.165, 1.54) is 6.26 Å². The number of hydroxylamine groups is 1. The standard InChI is InChI=1S/C12H12N4O2/c1-15(11-4-7-18-14-11)12(17)9-2-3-10-13-5-6-16(10)8-9/h2-8,11,14H,1H3. The summed E-state index contributed by atoms with van der Waals surface area (Å²) in [5.74, 6) is -0.0850. The number of likely N-dealkylation sites (N-methyl/N-ethyl adjacent to an activating group) is 1. The number of hydrogen-bond donors (Lipinski definition) is 1. The number of rotatable bonds is 2. The minimum absolute atomic E-state index is 0.0850. The van der Waals surface area contributed by atoms with Crippen LogP contribution in [0.1, 0.15) is 10.4 Å². The highest BCUT2D eigenvalue weighted by Crippen LogP contribution is 2.10. The van der Waals surface area contributed by atoms with Crippen molar-refractivity contribution in [2.75, 3.05) is 7.05 Å². The van der Waals surface area contributed by atoms with Crippen molar-refractivity contribution in [1.29, 1.82) is 0 Å². The summed E-state index contributed by atoms with van der Waals surface area (Å²) in [5, 5.41) is 0. The molecule has 2 aromatic heterocycles. The monoisotopic (exact) mass is 244 g/mol. The first-order valence-electron chi connectivity index (χ1n) is 5.53. The fourth-order valence-electron chi connectivity index (χ4n) is 1.85. The Morgan fingerprint density at radius 2 is 2.44 bits per heavy atom. The van der Waals surface area contributed by atoms with Crippen LogP contribution in [0.25, 0.3) is 5.65 Å². The molecule has 1 amide bonds. The van der Waals surface area contributed by atoms with Crippen LogP contribution in [-0.2, 0) is 4.84 Å². The van der Waals surface area contributed by atoms with Gasteiger partial charge in [0.25, 0.3) is 5.91 Å². The predicted octanol–water partition coefficient (Wildman–Crippen LogP) is 0.781. The molecular weight excluding hydrogens is 232 g/mol. The molecule has 0 radical (unpaired) electrons. The van der Waals surface area contributed by atoms with Gasteiger partial charge in [-0.3, -0.25) is 4.79 Å². The summed E-state index contributed by atoms with van der Waals surface area (Å²) < 4.78 is 1.81. The van der Waals surface area contributed by atoms with Crippen LogP contribution in [0.5, 0.6) is 0 Å². The van der Waals surface area contributed by atoms with Crippen molar-refractivity contribution in [2.24, 2.45) is 0 Å². The molecule has 0 bridgehead atoms. The average molecular weight is 244 g/mol. The Morgan fingerprint density at radius 3 is 3.22 bits per heavy atom. The van der Waals surface area contributed by atoms with Crippen molar-refractivity contribution < 1.29 is 9.63 Å². The molecule has 1 unspecified atom stereocenters. The van der Waals surface area contributed by atoms with E-state index in [-0.39, 0.29) is 12.1 Å². The maximum Gasteiger partial charge on any atom is 0.256 e. The van der Waals surface area contributed by atoms with Gasteiger partial charge < -0.3 is 14.1 Å². The Balaban J connectivity index is 1.88. The average Bonchev–Trinajstić information content (AvgIpc) is 3.06. The van der Waals surface area contributed by atoms with Crippen molar-refractivity contribution in [3.05, 3.63) is 48.6 Å². The van der Waals surface area contributed by atoms with Gasteiger partial charge in [-0.25, -0.2) is 4.98 Å². The maximum atomic E-state index is 12.3. The lowest BCUT2D eigenvalue weighted by atomic mass is 10.2. The molecule has 2 aromatic rings. The molecular formula is C12H12N4O2. The molecule has 1 aliphatic heterocycles. The summed E-state index contributed by atoms with van der Waals surface area (Å²) in [6, 6.07) is 3.58. The number of amides is 1. The zero-order valence-corrected chi connectivity index (χ0v) is 9.78. The van der Waals surface area contributed by atoms with Gasteiger partial charge in [-0.15, -0.1) is 5.48 Å². The summed E-state index contributed by atoms with van der Waals surface area (Å²) in [4.78, 5) is 22.8. The van der Waals surface area contributed by atoms with Gasteiger partial charge in [0.2, 0.25) is 0 Å². The minimum atomic E-state index is -0.240. The highest BCUT2D eigenvalue weighted by Gasteiger charge is 2.21. The highest BCUT2D eigenvalue weighted by molar-refractivity contribution is 5.94. The number of nitrogens with one attached hydrogen (secondary N) is 1. The zero-order chi connectivity index (χ0) is 12.5. The van der Waals surface area contributed by atoms with E-state index >= 15 is 0 Å². The molecule has 0 spiro atoms. The molecule has 18 heavy (non-hydrogen) atoms. The quantitative estimate of drug-likeness (QED) is 0.848.